The van der Waals surface area contributed by atoms with Gasteiger partial charge in [-0.2, -0.15) is 0 Å². The highest BCUT2D eigenvalue weighted by Gasteiger charge is 2.30. The number of halogens is 1. The second kappa shape index (κ2) is 16.1. The Balaban J connectivity index is 0.000000367. The van der Waals surface area contributed by atoms with Crippen LogP contribution in [0.1, 0.15) is 83.1 Å². The summed E-state index contributed by atoms with van der Waals surface area (Å²) in [7, 11) is -4.27. The van der Waals surface area contributed by atoms with E-state index in [1.54, 1.807) is 12.1 Å². The molecule has 0 amide bonds. The molecule has 6 heteroatoms. The van der Waals surface area contributed by atoms with Crippen molar-refractivity contribution >= 4 is 32.7 Å². The Hall–Kier alpha value is -0.620. The summed E-state index contributed by atoms with van der Waals surface area (Å²) in [5, 5.41) is 0. The topological polar surface area (TPSA) is 57.2 Å². The van der Waals surface area contributed by atoms with E-state index in [1.165, 1.54) is 107 Å². The van der Waals surface area contributed by atoms with Crippen LogP contribution in [-0.4, -0.2) is 43.6 Å². The van der Waals surface area contributed by atoms with Gasteiger partial charge in [-0.25, -0.2) is 8.42 Å². The smallest absolute Gasteiger partial charge is 0.141 e. The van der Waals surface area contributed by atoms with Crippen molar-refractivity contribution in [3.8, 4) is 9.85 Å². The van der Waals surface area contributed by atoms with Crippen LogP contribution in [0.4, 0.5) is 0 Å². The molecule has 0 bridgehead atoms. The first-order chi connectivity index (χ1) is 14.8. The molecule has 1 aliphatic rings. The van der Waals surface area contributed by atoms with E-state index in [1.807, 2.05) is 6.92 Å². The van der Waals surface area contributed by atoms with Gasteiger partial charge in [0.1, 0.15) is 16.7 Å². The molecule has 1 aliphatic heterocycles. The SMILES string of the molecule is CCCCCCCCCCC[N+]1(CC#CI)CCCC1.Cc1ccc(S(=O)(=O)[O-])cc1. The van der Waals surface area contributed by atoms with Gasteiger partial charge in [0.2, 0.25) is 0 Å². The molecule has 0 aliphatic carbocycles. The summed E-state index contributed by atoms with van der Waals surface area (Å²) in [5.41, 5.74) is 0.928. The maximum Gasteiger partial charge on any atom is 0.141 e. The molecule has 1 aromatic carbocycles. The molecule has 0 radical (unpaired) electrons. The van der Waals surface area contributed by atoms with E-state index in [9.17, 15) is 13.0 Å². The number of quaternary nitrogens is 1. The van der Waals surface area contributed by atoms with Crippen molar-refractivity contribution in [2.45, 2.75) is 89.4 Å². The Labute approximate surface area is 204 Å². The normalized spacial score (nSPS) is 15.0. The van der Waals surface area contributed by atoms with Crippen LogP contribution < -0.4 is 0 Å². The number of benzene rings is 1. The van der Waals surface area contributed by atoms with Gasteiger partial charge in [0.05, 0.1) is 24.5 Å². The van der Waals surface area contributed by atoms with Gasteiger partial charge < -0.3 is 9.04 Å². The summed E-state index contributed by atoms with van der Waals surface area (Å²) in [5.74, 6) is 3.32. The number of aryl methyl sites for hydroxylation is 1. The van der Waals surface area contributed by atoms with Crippen molar-refractivity contribution in [3.05, 3.63) is 29.8 Å². The molecule has 176 valence electrons. The Bertz CT molecular complexity index is 760. The van der Waals surface area contributed by atoms with E-state index in [0.29, 0.717) is 0 Å². The van der Waals surface area contributed by atoms with E-state index in [0.717, 1.165) is 12.1 Å². The number of rotatable bonds is 12. The number of hydrogen-bond donors (Lipinski definition) is 0. The lowest BCUT2D eigenvalue weighted by molar-refractivity contribution is -0.910. The number of unbranched alkanes of at least 4 members (excludes halogenated alkanes) is 8. The highest BCUT2D eigenvalue weighted by atomic mass is 127. The molecule has 0 unspecified atom stereocenters. The molecule has 31 heavy (non-hydrogen) atoms. The van der Waals surface area contributed by atoms with Crippen LogP contribution >= 0.6 is 22.6 Å². The van der Waals surface area contributed by atoms with Crippen molar-refractivity contribution in [1.29, 1.82) is 0 Å². The number of nitrogens with zero attached hydrogens (tertiary/aromatic N) is 1. The van der Waals surface area contributed by atoms with E-state index >= 15 is 0 Å². The zero-order chi connectivity index (χ0) is 23.0. The fourth-order valence-electron chi connectivity index (χ4n) is 4.13. The summed E-state index contributed by atoms with van der Waals surface area (Å²) in [6, 6.07) is 5.78. The monoisotopic (exact) mass is 561 g/mol. The van der Waals surface area contributed by atoms with E-state index in [2.05, 4.69) is 39.4 Å². The zero-order valence-corrected chi connectivity index (χ0v) is 22.3. The Kier molecular flexibility index (Phi) is 14.7. The average Bonchev–Trinajstić information content (AvgIpc) is 3.20. The van der Waals surface area contributed by atoms with Crippen LogP contribution in [0.3, 0.4) is 0 Å². The molecule has 0 aromatic heterocycles. The average molecular weight is 562 g/mol. The summed E-state index contributed by atoms with van der Waals surface area (Å²) in [4.78, 5) is -0.178. The third-order valence-corrected chi connectivity index (χ3v) is 7.27. The van der Waals surface area contributed by atoms with E-state index in [-0.39, 0.29) is 4.90 Å². The van der Waals surface area contributed by atoms with Crippen molar-refractivity contribution in [1.82, 2.24) is 0 Å². The van der Waals surface area contributed by atoms with E-state index in [4.69, 9.17) is 0 Å². The predicted octanol–water partition coefficient (Wildman–Crippen LogP) is 6.42. The highest BCUT2D eigenvalue weighted by Crippen LogP contribution is 2.21. The third-order valence-electron chi connectivity index (χ3n) is 6.04. The molecule has 4 nitrogen and oxygen atoms in total. The van der Waals surface area contributed by atoms with Gasteiger partial charge >= 0.3 is 0 Å². The molecule has 1 aromatic rings. The second-order valence-electron chi connectivity index (χ2n) is 8.74. The van der Waals surface area contributed by atoms with Crippen LogP contribution in [-0.2, 0) is 10.1 Å². The minimum absolute atomic E-state index is 0.178. The van der Waals surface area contributed by atoms with Crippen molar-refractivity contribution < 1.29 is 17.5 Å². The molecular formula is C25H40INO3S. The number of likely N-dealkylation sites (tertiary alicyclic amines) is 1. The fraction of sp³-hybridized carbons (Fsp3) is 0.680. The lowest BCUT2D eigenvalue weighted by atomic mass is 10.1. The van der Waals surface area contributed by atoms with Gasteiger partial charge in [-0.05, 0) is 41.7 Å². The lowest BCUT2D eigenvalue weighted by Gasteiger charge is -2.32. The van der Waals surface area contributed by atoms with Crippen LogP contribution in [0.15, 0.2) is 29.2 Å². The molecule has 0 N–H and O–H groups in total. The minimum atomic E-state index is -4.27. The predicted molar refractivity (Wildman–Crippen MR) is 137 cm³/mol. The second-order valence-corrected chi connectivity index (χ2v) is 10.7. The van der Waals surface area contributed by atoms with Gasteiger partial charge in [0.25, 0.3) is 0 Å². The van der Waals surface area contributed by atoms with Crippen LogP contribution in [0.5, 0.6) is 0 Å². The Morgan fingerprint density at radius 3 is 1.94 bits per heavy atom. The number of hydrogen-bond acceptors (Lipinski definition) is 3. The molecule has 2 rings (SSSR count). The van der Waals surface area contributed by atoms with Gasteiger partial charge in [-0.3, -0.25) is 0 Å². The zero-order valence-electron chi connectivity index (χ0n) is 19.4. The van der Waals surface area contributed by atoms with Crippen LogP contribution in [0.25, 0.3) is 0 Å². The first-order valence-corrected chi connectivity index (χ1v) is 14.3. The maximum absolute atomic E-state index is 10.4. The molecule has 1 heterocycles. The molecule has 1 saturated heterocycles. The first kappa shape index (κ1) is 28.4. The lowest BCUT2D eigenvalue weighted by Crippen LogP contribution is -2.46. The van der Waals surface area contributed by atoms with Crippen LogP contribution in [0, 0.1) is 16.8 Å². The summed E-state index contributed by atoms with van der Waals surface area (Å²) in [6.45, 7) is 9.34. The van der Waals surface area contributed by atoms with Gasteiger partial charge in [-0.1, -0.05) is 69.6 Å². The minimum Gasteiger partial charge on any atom is -0.744 e. The maximum atomic E-state index is 10.4. The molecule has 0 saturated carbocycles. The van der Waals surface area contributed by atoms with Crippen molar-refractivity contribution in [3.63, 3.8) is 0 Å². The van der Waals surface area contributed by atoms with Crippen molar-refractivity contribution in [2.24, 2.45) is 0 Å². The third kappa shape index (κ3) is 12.9. The largest absolute Gasteiger partial charge is 0.744 e. The standard InChI is InChI=1S/C18H33IN.C7H8O3S/c1-2-3-4-5-6-7-8-9-10-15-20(18-13-14-19)16-11-12-17-20;1-6-2-4-7(5-3-6)11(8,9)10/h2-12,15-18H2,1H3;2-5H,1H3,(H,8,9,10)/q+1;/p-1. The summed E-state index contributed by atoms with van der Waals surface area (Å²) < 4.78 is 35.5. The molecular weight excluding hydrogens is 521 g/mol. The fourth-order valence-corrected chi connectivity index (χ4v) is 4.77. The highest BCUT2D eigenvalue weighted by molar-refractivity contribution is 14.1. The Morgan fingerprint density at radius 1 is 0.935 bits per heavy atom. The van der Waals surface area contributed by atoms with Crippen LogP contribution in [0.2, 0.25) is 0 Å². The van der Waals surface area contributed by atoms with Gasteiger partial charge in [0.15, 0.2) is 0 Å². The van der Waals surface area contributed by atoms with E-state index < -0.39 is 10.1 Å². The van der Waals surface area contributed by atoms with Gasteiger partial charge in [-0.15, -0.1) is 0 Å². The Morgan fingerprint density at radius 2 is 1.45 bits per heavy atom. The summed E-state index contributed by atoms with van der Waals surface area (Å²) >= 11 is 2.18. The quantitative estimate of drug-likeness (QED) is 0.0973. The molecule has 0 atom stereocenters. The molecule has 0 spiro atoms. The summed E-state index contributed by atoms with van der Waals surface area (Å²) in [6.07, 6.45) is 15.7. The first-order valence-electron chi connectivity index (χ1n) is 11.8. The van der Waals surface area contributed by atoms with Crippen molar-refractivity contribution in [2.75, 3.05) is 26.2 Å². The molecule has 1 fully saturated rings. The van der Waals surface area contributed by atoms with Gasteiger partial charge in [0, 0.05) is 35.4 Å².